The number of methoxy groups -OCH3 is 1. The molecule has 1 N–H and O–H groups in total. The first-order valence-electron chi connectivity index (χ1n) is 12.3. The van der Waals surface area contributed by atoms with Crippen molar-refractivity contribution in [2.45, 2.75) is 43.3 Å². The average Bonchev–Trinajstić information content (AvgIpc) is 3.31. The third-order valence-electron chi connectivity index (χ3n) is 7.85. The number of carbonyl (C=O) groups is 1. The van der Waals surface area contributed by atoms with Gasteiger partial charge in [-0.1, -0.05) is 54.6 Å². The van der Waals surface area contributed by atoms with Crippen LogP contribution in [0.1, 0.15) is 41.0 Å². The van der Waals surface area contributed by atoms with Crippen LogP contribution >= 0.6 is 0 Å². The Kier molecular flexibility index (Phi) is 6.39. The van der Waals surface area contributed by atoms with Gasteiger partial charge in [0.15, 0.2) is 4.75 Å². The van der Waals surface area contributed by atoms with Gasteiger partial charge in [-0.2, -0.15) is 0 Å². The highest BCUT2D eigenvalue weighted by Gasteiger charge is 2.57. The molecule has 1 fully saturated rings. The van der Waals surface area contributed by atoms with Crippen LogP contribution in [0.4, 0.5) is 0 Å². The SMILES string of the molecule is COc1cccc(-c2ccc(C3CCN(S(=O)(=O)C4(C(=O)O)Cc5ccccc5C4)CC3)cc2C)c1. The third-order valence-corrected chi connectivity index (χ3v) is 10.3. The third kappa shape index (κ3) is 4.10. The standard InChI is InChI=1S/C29H31NO5S/c1-20-16-22(10-11-27(20)23-8-5-9-26(17-23)35-2)21-12-14-30(15-13-21)36(33,34)29(28(31)32)18-24-6-3-4-7-25(24)19-29/h3-11,16-17,21H,12-15,18-19H2,1-2H3,(H,31,32). The maximum Gasteiger partial charge on any atom is 0.327 e. The van der Waals surface area contributed by atoms with Crippen LogP contribution in [-0.2, 0) is 27.7 Å². The van der Waals surface area contributed by atoms with Gasteiger partial charge < -0.3 is 9.84 Å². The van der Waals surface area contributed by atoms with Crippen molar-refractivity contribution in [3.8, 4) is 16.9 Å². The number of hydrogen-bond acceptors (Lipinski definition) is 4. The minimum atomic E-state index is -4.03. The van der Waals surface area contributed by atoms with Crippen molar-refractivity contribution in [3.05, 3.63) is 89.0 Å². The number of ether oxygens (including phenoxy) is 1. The lowest BCUT2D eigenvalue weighted by Gasteiger charge is -2.36. The Balaban J connectivity index is 1.32. The van der Waals surface area contributed by atoms with E-state index in [9.17, 15) is 18.3 Å². The lowest BCUT2D eigenvalue weighted by Crippen LogP contribution is -2.55. The van der Waals surface area contributed by atoms with Gasteiger partial charge in [0.1, 0.15) is 5.75 Å². The van der Waals surface area contributed by atoms with Gasteiger partial charge in [0.05, 0.1) is 7.11 Å². The predicted molar refractivity (Wildman–Crippen MR) is 140 cm³/mol. The summed E-state index contributed by atoms with van der Waals surface area (Å²) < 4.78 is 32.4. The molecule has 1 saturated heterocycles. The molecule has 7 heteroatoms. The highest BCUT2D eigenvalue weighted by Crippen LogP contribution is 2.40. The van der Waals surface area contributed by atoms with Crippen LogP contribution in [-0.4, -0.2) is 48.7 Å². The number of rotatable bonds is 6. The molecule has 0 saturated carbocycles. The molecule has 0 bridgehead atoms. The molecule has 5 rings (SSSR count). The molecular weight excluding hydrogens is 474 g/mol. The molecule has 1 heterocycles. The Labute approximate surface area is 212 Å². The summed E-state index contributed by atoms with van der Waals surface area (Å²) in [5.41, 5.74) is 6.20. The maximum atomic E-state index is 13.7. The molecule has 6 nitrogen and oxygen atoms in total. The topological polar surface area (TPSA) is 83.9 Å². The first-order valence-corrected chi connectivity index (χ1v) is 13.7. The second-order valence-corrected chi connectivity index (χ2v) is 12.2. The summed E-state index contributed by atoms with van der Waals surface area (Å²) in [6.45, 7) is 2.75. The van der Waals surface area contributed by atoms with Crippen LogP contribution in [0.5, 0.6) is 5.75 Å². The van der Waals surface area contributed by atoms with Crippen molar-refractivity contribution in [3.63, 3.8) is 0 Å². The molecule has 36 heavy (non-hydrogen) atoms. The van der Waals surface area contributed by atoms with E-state index >= 15 is 0 Å². The number of carboxylic acid groups (broad SMARTS) is 1. The van der Waals surface area contributed by atoms with Crippen LogP contribution in [0.25, 0.3) is 11.1 Å². The monoisotopic (exact) mass is 505 g/mol. The van der Waals surface area contributed by atoms with Gasteiger partial charge in [0.25, 0.3) is 0 Å². The van der Waals surface area contributed by atoms with E-state index in [4.69, 9.17) is 4.74 Å². The zero-order chi connectivity index (χ0) is 25.5. The van der Waals surface area contributed by atoms with E-state index < -0.39 is 20.7 Å². The lowest BCUT2D eigenvalue weighted by atomic mass is 9.87. The Hall–Kier alpha value is -3.16. The summed E-state index contributed by atoms with van der Waals surface area (Å²) in [7, 11) is -2.37. The number of carboxylic acids is 1. The predicted octanol–water partition coefficient (Wildman–Crippen LogP) is 4.80. The number of hydrogen-bond donors (Lipinski definition) is 1. The maximum absolute atomic E-state index is 13.7. The van der Waals surface area contributed by atoms with Crippen LogP contribution in [0.3, 0.4) is 0 Å². The van der Waals surface area contributed by atoms with Crippen LogP contribution < -0.4 is 4.74 Å². The molecular formula is C29H31NO5S. The fourth-order valence-electron chi connectivity index (χ4n) is 5.76. The number of sulfonamides is 1. The number of nitrogens with zero attached hydrogens (tertiary/aromatic N) is 1. The average molecular weight is 506 g/mol. The molecule has 2 aliphatic rings. The number of aryl methyl sites for hydroxylation is 1. The molecule has 0 atom stereocenters. The number of benzene rings is 3. The Morgan fingerprint density at radius 1 is 0.972 bits per heavy atom. The van der Waals surface area contributed by atoms with Crippen LogP contribution in [0.2, 0.25) is 0 Å². The van der Waals surface area contributed by atoms with E-state index in [0.29, 0.717) is 25.9 Å². The van der Waals surface area contributed by atoms with E-state index in [1.165, 1.54) is 9.87 Å². The molecule has 3 aromatic carbocycles. The molecule has 188 valence electrons. The van der Waals surface area contributed by atoms with Gasteiger partial charge in [0.2, 0.25) is 10.0 Å². The van der Waals surface area contributed by atoms with Crippen molar-refractivity contribution >= 4 is 16.0 Å². The minimum Gasteiger partial charge on any atom is -0.497 e. The molecule has 0 spiro atoms. The summed E-state index contributed by atoms with van der Waals surface area (Å²) in [6.07, 6.45) is 1.37. The van der Waals surface area contributed by atoms with E-state index in [1.54, 1.807) is 7.11 Å². The summed E-state index contributed by atoms with van der Waals surface area (Å²) in [6, 6.07) is 21.7. The summed E-state index contributed by atoms with van der Waals surface area (Å²) in [4.78, 5) is 12.4. The van der Waals surface area contributed by atoms with E-state index in [-0.39, 0.29) is 18.8 Å². The second-order valence-electron chi connectivity index (χ2n) is 9.91. The Morgan fingerprint density at radius 2 is 1.64 bits per heavy atom. The van der Waals surface area contributed by atoms with Crippen LogP contribution in [0, 0.1) is 6.92 Å². The van der Waals surface area contributed by atoms with Crippen molar-refractivity contribution < 1.29 is 23.1 Å². The van der Waals surface area contributed by atoms with Gasteiger partial charge in [0, 0.05) is 25.9 Å². The van der Waals surface area contributed by atoms with Crippen molar-refractivity contribution in [1.82, 2.24) is 4.31 Å². The van der Waals surface area contributed by atoms with Crippen molar-refractivity contribution in [1.29, 1.82) is 0 Å². The molecule has 1 aliphatic heterocycles. The van der Waals surface area contributed by atoms with Gasteiger partial charge in [-0.25, -0.2) is 12.7 Å². The highest BCUT2D eigenvalue weighted by atomic mass is 32.2. The van der Waals surface area contributed by atoms with Crippen molar-refractivity contribution in [2.75, 3.05) is 20.2 Å². The molecule has 0 radical (unpaired) electrons. The second kappa shape index (κ2) is 9.37. The highest BCUT2D eigenvalue weighted by molar-refractivity contribution is 7.91. The molecule has 1 aliphatic carbocycles. The van der Waals surface area contributed by atoms with Gasteiger partial charge >= 0.3 is 5.97 Å². The summed E-state index contributed by atoms with van der Waals surface area (Å²) >= 11 is 0. The first kappa shape index (κ1) is 24.5. The number of fused-ring (bicyclic) bond motifs is 1. The summed E-state index contributed by atoms with van der Waals surface area (Å²) in [5.74, 6) is -0.213. The smallest absolute Gasteiger partial charge is 0.327 e. The lowest BCUT2D eigenvalue weighted by molar-refractivity contribution is -0.140. The van der Waals surface area contributed by atoms with E-state index in [1.807, 2.05) is 42.5 Å². The normalized spacial score (nSPS) is 18.1. The van der Waals surface area contributed by atoms with E-state index in [2.05, 4.69) is 31.2 Å². The Bertz CT molecular complexity index is 1380. The summed E-state index contributed by atoms with van der Waals surface area (Å²) in [5, 5.41) is 10.1. The van der Waals surface area contributed by atoms with Gasteiger partial charge in [-0.05, 0) is 71.2 Å². The molecule has 0 amide bonds. The Morgan fingerprint density at radius 3 is 2.22 bits per heavy atom. The fourth-order valence-corrected chi connectivity index (χ4v) is 7.84. The molecule has 0 unspecified atom stereocenters. The minimum absolute atomic E-state index is 0.0195. The largest absolute Gasteiger partial charge is 0.497 e. The van der Waals surface area contributed by atoms with Crippen LogP contribution in [0.15, 0.2) is 66.7 Å². The molecule has 3 aromatic rings. The fraction of sp³-hybridized carbons (Fsp3) is 0.345. The van der Waals surface area contributed by atoms with Crippen molar-refractivity contribution in [2.24, 2.45) is 0 Å². The zero-order valence-electron chi connectivity index (χ0n) is 20.6. The first-order chi connectivity index (χ1) is 17.2. The quantitative estimate of drug-likeness (QED) is 0.520. The van der Waals surface area contributed by atoms with Gasteiger partial charge in [-0.15, -0.1) is 0 Å². The number of piperidine rings is 1. The number of aliphatic carboxylic acids is 1. The zero-order valence-corrected chi connectivity index (χ0v) is 21.4. The van der Waals surface area contributed by atoms with E-state index in [0.717, 1.165) is 33.6 Å². The van der Waals surface area contributed by atoms with Gasteiger partial charge in [-0.3, -0.25) is 4.79 Å². The molecule has 0 aromatic heterocycles.